The Morgan fingerprint density at radius 3 is 2.64 bits per heavy atom. The Balaban J connectivity index is 1.75. The zero-order chi connectivity index (χ0) is 24.0. The van der Waals surface area contributed by atoms with Gasteiger partial charge < -0.3 is 19.7 Å². The SMILES string of the molecule is CC(=NP(=O)(COC(C)Cn1ncc2c(N)ncnc21)Oc1ccccc1)C(=O)OC(C)C. The molecule has 0 saturated carbocycles. The standard InChI is InChI=1S/C21H27N6O5P/c1-14(2)31-21(28)16(4)26-33(29,32-17-8-6-5-7-9-17)13-30-15(3)11-27-20-18(10-25-27)19(22)23-12-24-20/h5-10,12,14-15H,11,13H2,1-4H3,(H2,22,23,24). The van der Waals surface area contributed by atoms with Crippen molar-refractivity contribution < 1.29 is 23.4 Å². The number of nitrogen functional groups attached to an aromatic ring is 1. The summed E-state index contributed by atoms with van der Waals surface area (Å²) in [7, 11) is -3.80. The molecule has 0 spiro atoms. The van der Waals surface area contributed by atoms with E-state index in [1.54, 1.807) is 62.0 Å². The van der Waals surface area contributed by atoms with Gasteiger partial charge in [0.15, 0.2) is 12.0 Å². The van der Waals surface area contributed by atoms with Crippen LogP contribution in [0.4, 0.5) is 5.82 Å². The second-order valence-electron chi connectivity index (χ2n) is 7.61. The average Bonchev–Trinajstić information content (AvgIpc) is 3.16. The zero-order valence-corrected chi connectivity index (χ0v) is 19.8. The predicted molar refractivity (Wildman–Crippen MR) is 124 cm³/mol. The summed E-state index contributed by atoms with van der Waals surface area (Å²) in [4.78, 5) is 20.3. The lowest BCUT2D eigenvalue weighted by Crippen LogP contribution is -2.21. The van der Waals surface area contributed by atoms with Gasteiger partial charge in [-0.25, -0.2) is 24.0 Å². The Morgan fingerprint density at radius 2 is 1.94 bits per heavy atom. The molecule has 0 saturated heterocycles. The lowest BCUT2D eigenvalue weighted by atomic mass is 10.3. The highest BCUT2D eigenvalue weighted by molar-refractivity contribution is 7.58. The summed E-state index contributed by atoms with van der Waals surface area (Å²) < 4.78 is 35.9. The molecule has 176 valence electrons. The van der Waals surface area contributed by atoms with Gasteiger partial charge in [-0.2, -0.15) is 9.86 Å². The molecular formula is C21H27N6O5P. The summed E-state index contributed by atoms with van der Waals surface area (Å²) >= 11 is 0. The Labute approximate surface area is 191 Å². The fraction of sp³-hybridized carbons (Fsp3) is 0.381. The molecule has 0 fully saturated rings. The molecule has 0 bridgehead atoms. The van der Waals surface area contributed by atoms with Gasteiger partial charge in [0.25, 0.3) is 0 Å². The summed E-state index contributed by atoms with van der Waals surface area (Å²) in [6.45, 7) is 6.95. The van der Waals surface area contributed by atoms with E-state index in [0.717, 1.165) is 0 Å². The van der Waals surface area contributed by atoms with Crippen LogP contribution in [0.1, 0.15) is 27.7 Å². The first kappa shape index (κ1) is 24.3. The van der Waals surface area contributed by atoms with E-state index >= 15 is 0 Å². The van der Waals surface area contributed by atoms with Gasteiger partial charge in [-0.1, -0.05) is 18.2 Å². The first-order valence-electron chi connectivity index (χ1n) is 10.3. The normalized spacial score (nSPS) is 14.8. The molecule has 3 aromatic rings. The van der Waals surface area contributed by atoms with Crippen LogP contribution in [-0.4, -0.2) is 50.0 Å². The van der Waals surface area contributed by atoms with Crippen molar-refractivity contribution in [1.29, 1.82) is 0 Å². The largest absolute Gasteiger partial charge is 0.458 e. The van der Waals surface area contributed by atoms with E-state index < -0.39 is 19.6 Å². The third-order valence-corrected chi connectivity index (χ3v) is 5.92. The van der Waals surface area contributed by atoms with Gasteiger partial charge in [0.1, 0.15) is 23.6 Å². The number of para-hydroxylation sites is 1. The van der Waals surface area contributed by atoms with E-state index in [0.29, 0.717) is 29.1 Å². The first-order chi connectivity index (χ1) is 15.7. The van der Waals surface area contributed by atoms with Gasteiger partial charge in [0.2, 0.25) is 0 Å². The van der Waals surface area contributed by atoms with Gasteiger partial charge in [-0.05, 0) is 39.8 Å². The fourth-order valence-corrected chi connectivity index (χ4v) is 4.44. The molecule has 33 heavy (non-hydrogen) atoms. The maximum atomic E-state index is 13.5. The second-order valence-corrected chi connectivity index (χ2v) is 9.53. The monoisotopic (exact) mass is 474 g/mol. The quantitative estimate of drug-likeness (QED) is 0.265. The number of hydrogen-bond acceptors (Lipinski definition) is 9. The molecule has 11 nitrogen and oxygen atoms in total. The van der Waals surface area contributed by atoms with Gasteiger partial charge >= 0.3 is 13.5 Å². The maximum absolute atomic E-state index is 13.5. The molecule has 0 radical (unpaired) electrons. The van der Waals surface area contributed by atoms with Crippen molar-refractivity contribution in [2.24, 2.45) is 4.76 Å². The molecule has 2 aromatic heterocycles. The van der Waals surface area contributed by atoms with Crippen LogP contribution in [0.3, 0.4) is 0 Å². The molecule has 12 heteroatoms. The molecule has 2 unspecified atom stereocenters. The number of hydrogen-bond donors (Lipinski definition) is 1. The number of ether oxygens (including phenoxy) is 2. The van der Waals surface area contributed by atoms with Crippen molar-refractivity contribution in [2.45, 2.75) is 46.4 Å². The van der Waals surface area contributed by atoms with Crippen molar-refractivity contribution >= 4 is 36.1 Å². The van der Waals surface area contributed by atoms with Gasteiger partial charge in [-0.15, -0.1) is 0 Å². The summed E-state index contributed by atoms with van der Waals surface area (Å²) in [5.74, 6) is 0.00464. The Bertz CT molecular complexity index is 1180. The lowest BCUT2D eigenvalue weighted by Gasteiger charge is -2.19. The fourth-order valence-electron chi connectivity index (χ4n) is 2.85. The van der Waals surface area contributed by atoms with Crippen LogP contribution >= 0.6 is 7.52 Å². The number of rotatable bonds is 10. The molecule has 0 aliphatic rings. The number of nitrogens with zero attached hydrogens (tertiary/aromatic N) is 5. The molecule has 1 aromatic carbocycles. The zero-order valence-electron chi connectivity index (χ0n) is 18.9. The van der Waals surface area contributed by atoms with E-state index in [-0.39, 0.29) is 18.2 Å². The molecule has 2 atom stereocenters. The Kier molecular flexibility index (Phi) is 7.78. The predicted octanol–water partition coefficient (Wildman–Crippen LogP) is 3.46. The Hall–Kier alpha value is -3.30. The minimum Gasteiger partial charge on any atom is -0.458 e. The van der Waals surface area contributed by atoms with Crippen LogP contribution in [0, 0.1) is 0 Å². The van der Waals surface area contributed by atoms with Crippen LogP contribution in [0.5, 0.6) is 5.75 Å². The van der Waals surface area contributed by atoms with Gasteiger partial charge in [-0.3, -0.25) is 0 Å². The van der Waals surface area contributed by atoms with Crippen molar-refractivity contribution in [1.82, 2.24) is 19.7 Å². The van der Waals surface area contributed by atoms with Crippen molar-refractivity contribution in [3.63, 3.8) is 0 Å². The van der Waals surface area contributed by atoms with Crippen LogP contribution in [-0.2, 0) is 25.4 Å². The number of carbonyl (C=O) groups is 1. The number of benzene rings is 1. The average molecular weight is 474 g/mol. The summed E-state index contributed by atoms with van der Waals surface area (Å²) in [6.07, 6.45) is 1.81. The summed E-state index contributed by atoms with van der Waals surface area (Å²) in [5, 5.41) is 4.90. The van der Waals surface area contributed by atoms with Crippen LogP contribution in [0.15, 0.2) is 47.6 Å². The molecule has 0 aliphatic heterocycles. The van der Waals surface area contributed by atoms with Crippen molar-refractivity contribution in [3.05, 3.63) is 42.9 Å². The summed E-state index contributed by atoms with van der Waals surface area (Å²) in [5.41, 5.74) is 6.35. The molecule has 0 amide bonds. The first-order valence-corrected chi connectivity index (χ1v) is 12.1. The van der Waals surface area contributed by atoms with E-state index in [2.05, 4.69) is 19.8 Å². The third-order valence-electron chi connectivity index (χ3n) is 4.35. The number of aromatic nitrogens is 4. The van der Waals surface area contributed by atoms with Crippen molar-refractivity contribution in [2.75, 3.05) is 12.1 Å². The van der Waals surface area contributed by atoms with Gasteiger partial charge in [0.05, 0.1) is 30.3 Å². The van der Waals surface area contributed by atoms with Crippen molar-refractivity contribution in [3.8, 4) is 5.75 Å². The molecule has 2 heterocycles. The second kappa shape index (κ2) is 10.5. The Morgan fingerprint density at radius 1 is 1.21 bits per heavy atom. The number of carbonyl (C=O) groups excluding carboxylic acids is 1. The number of esters is 1. The molecular weight excluding hydrogens is 447 g/mol. The lowest BCUT2D eigenvalue weighted by molar-refractivity contribution is -0.139. The van der Waals surface area contributed by atoms with Crippen LogP contribution in [0.25, 0.3) is 11.0 Å². The minimum atomic E-state index is -3.80. The van der Waals surface area contributed by atoms with Crippen LogP contribution in [0.2, 0.25) is 0 Å². The van der Waals surface area contributed by atoms with E-state index in [1.165, 1.54) is 13.3 Å². The summed E-state index contributed by atoms with van der Waals surface area (Å²) in [6, 6.07) is 8.57. The van der Waals surface area contributed by atoms with E-state index in [9.17, 15) is 9.36 Å². The molecule has 3 rings (SSSR count). The maximum Gasteiger partial charge on any atom is 0.387 e. The topological polar surface area (TPSA) is 144 Å². The molecule has 2 N–H and O–H groups in total. The van der Waals surface area contributed by atoms with Crippen LogP contribution < -0.4 is 10.3 Å². The minimum absolute atomic E-state index is 0.0653. The number of nitrogens with two attached hydrogens (primary N) is 1. The van der Waals surface area contributed by atoms with Gasteiger partial charge in [0, 0.05) is 0 Å². The van der Waals surface area contributed by atoms with E-state index in [4.69, 9.17) is 19.7 Å². The highest BCUT2D eigenvalue weighted by Crippen LogP contribution is 2.49. The number of anilines is 1. The van der Waals surface area contributed by atoms with E-state index in [1.807, 2.05) is 0 Å². The smallest absolute Gasteiger partial charge is 0.387 e. The number of fused-ring (bicyclic) bond motifs is 1. The molecule has 0 aliphatic carbocycles. The highest BCUT2D eigenvalue weighted by atomic mass is 31.2. The highest BCUT2D eigenvalue weighted by Gasteiger charge is 2.28. The third kappa shape index (κ3) is 6.59.